The molecule has 0 spiro atoms. The number of amides is 2. The van der Waals surface area contributed by atoms with Gasteiger partial charge < -0.3 is 15.4 Å². The predicted molar refractivity (Wildman–Crippen MR) is 116 cm³/mol. The van der Waals surface area contributed by atoms with E-state index in [9.17, 15) is 14.0 Å². The molecule has 1 atom stereocenters. The highest BCUT2D eigenvalue weighted by atomic mass is 127. The lowest BCUT2D eigenvalue weighted by Crippen LogP contribution is -2.46. The lowest BCUT2D eigenvalue weighted by atomic mass is 10.1. The summed E-state index contributed by atoms with van der Waals surface area (Å²) in [5.74, 6) is 0.0942. The van der Waals surface area contributed by atoms with Gasteiger partial charge in [0.1, 0.15) is 6.10 Å². The Hall–Kier alpha value is -1.91. The van der Waals surface area contributed by atoms with Crippen LogP contribution in [0.5, 0.6) is 5.75 Å². The van der Waals surface area contributed by atoms with E-state index >= 15 is 0 Å². The number of nitrogens with zero attached hydrogens (tertiary/aromatic N) is 2. The number of halogens is 2. The number of para-hydroxylation sites is 1. The summed E-state index contributed by atoms with van der Waals surface area (Å²) in [6.45, 7) is 5.45. The van der Waals surface area contributed by atoms with Crippen molar-refractivity contribution < 1.29 is 18.7 Å². The summed E-state index contributed by atoms with van der Waals surface area (Å²) in [5.41, 5.74) is 0. The van der Waals surface area contributed by atoms with E-state index in [-0.39, 0.29) is 47.6 Å². The van der Waals surface area contributed by atoms with Crippen LogP contribution in [0.25, 0.3) is 0 Å². The van der Waals surface area contributed by atoms with Crippen LogP contribution < -0.4 is 15.4 Å². The topological polar surface area (TPSA) is 83.0 Å². The van der Waals surface area contributed by atoms with Crippen LogP contribution in [0.4, 0.5) is 4.39 Å². The fourth-order valence-corrected chi connectivity index (χ4v) is 2.69. The van der Waals surface area contributed by atoms with Gasteiger partial charge in [-0.3, -0.25) is 14.5 Å². The van der Waals surface area contributed by atoms with Crippen LogP contribution in [-0.4, -0.2) is 55.0 Å². The molecule has 2 rings (SSSR count). The van der Waals surface area contributed by atoms with Crippen LogP contribution in [-0.2, 0) is 9.59 Å². The molecule has 9 heteroatoms. The normalized spacial score (nSPS) is 15.7. The highest BCUT2D eigenvalue weighted by Crippen LogP contribution is 2.17. The van der Waals surface area contributed by atoms with Crippen molar-refractivity contribution >= 4 is 41.8 Å². The molecule has 7 nitrogen and oxygen atoms in total. The van der Waals surface area contributed by atoms with Crippen molar-refractivity contribution in [2.24, 2.45) is 4.99 Å². The maximum Gasteiger partial charge on any atom is 0.229 e. The standard InChI is InChI=1S/C19H27FN4O3.HI/c1-3-21-19(22-11-12-24-17(25)9-6-10-18(24)26)23-13-14(2)27-16-8-5-4-7-15(16)20;/h4-5,7-8,14H,3,6,9-13H2,1-2H3,(H2,21,22,23);1H. The molecule has 0 aromatic heterocycles. The first-order chi connectivity index (χ1) is 13.0. The number of nitrogens with one attached hydrogen (secondary N) is 2. The Morgan fingerprint density at radius 2 is 1.93 bits per heavy atom. The van der Waals surface area contributed by atoms with Crippen molar-refractivity contribution in [3.63, 3.8) is 0 Å². The second-order valence-corrected chi connectivity index (χ2v) is 6.30. The van der Waals surface area contributed by atoms with E-state index in [4.69, 9.17) is 4.74 Å². The molecule has 1 aromatic carbocycles. The van der Waals surface area contributed by atoms with Crippen LogP contribution in [0.15, 0.2) is 29.3 Å². The maximum atomic E-state index is 13.6. The fraction of sp³-hybridized carbons (Fsp3) is 0.526. The Kier molecular flexibility index (Phi) is 10.8. The molecule has 28 heavy (non-hydrogen) atoms. The van der Waals surface area contributed by atoms with E-state index < -0.39 is 5.82 Å². The number of ether oxygens (including phenoxy) is 1. The Balaban J connectivity index is 0.00000392. The molecule has 1 aliphatic rings. The van der Waals surface area contributed by atoms with Crippen molar-refractivity contribution in [2.75, 3.05) is 26.2 Å². The average Bonchev–Trinajstić information content (AvgIpc) is 2.64. The minimum Gasteiger partial charge on any atom is -0.486 e. The third kappa shape index (κ3) is 7.61. The highest BCUT2D eigenvalue weighted by Gasteiger charge is 2.25. The van der Waals surface area contributed by atoms with Crippen LogP contribution in [0, 0.1) is 5.82 Å². The molecule has 1 aliphatic heterocycles. The largest absolute Gasteiger partial charge is 0.486 e. The Morgan fingerprint density at radius 3 is 2.57 bits per heavy atom. The molecular formula is C19H28FIN4O3. The van der Waals surface area contributed by atoms with Crippen molar-refractivity contribution in [3.05, 3.63) is 30.1 Å². The number of carbonyl (C=O) groups is 2. The first-order valence-electron chi connectivity index (χ1n) is 9.27. The van der Waals surface area contributed by atoms with Gasteiger partial charge in [-0.1, -0.05) is 12.1 Å². The number of imide groups is 1. The van der Waals surface area contributed by atoms with Gasteiger partial charge in [-0.25, -0.2) is 9.38 Å². The second kappa shape index (κ2) is 12.5. The number of carbonyl (C=O) groups excluding carboxylic acids is 2. The summed E-state index contributed by atoms with van der Waals surface area (Å²) in [5, 5.41) is 6.20. The first-order valence-corrected chi connectivity index (χ1v) is 9.27. The summed E-state index contributed by atoms with van der Waals surface area (Å²) >= 11 is 0. The van der Waals surface area contributed by atoms with Crippen molar-refractivity contribution in [2.45, 2.75) is 39.2 Å². The molecule has 2 N–H and O–H groups in total. The number of likely N-dealkylation sites (tertiary alicyclic amines) is 1. The van der Waals surface area contributed by atoms with Gasteiger partial charge in [0.05, 0.1) is 6.54 Å². The van der Waals surface area contributed by atoms with E-state index in [0.717, 1.165) is 0 Å². The third-order valence-electron chi connectivity index (χ3n) is 4.03. The smallest absolute Gasteiger partial charge is 0.229 e. The summed E-state index contributed by atoms with van der Waals surface area (Å²) in [7, 11) is 0. The molecule has 2 amide bonds. The van der Waals surface area contributed by atoms with E-state index in [1.807, 2.05) is 13.8 Å². The molecule has 1 unspecified atom stereocenters. The minimum atomic E-state index is -0.408. The number of piperidine rings is 1. The van der Waals surface area contributed by atoms with Gasteiger partial charge in [0.25, 0.3) is 0 Å². The monoisotopic (exact) mass is 506 g/mol. The Morgan fingerprint density at radius 1 is 1.25 bits per heavy atom. The number of benzene rings is 1. The van der Waals surface area contributed by atoms with E-state index in [1.54, 1.807) is 18.2 Å². The second-order valence-electron chi connectivity index (χ2n) is 6.30. The molecule has 0 bridgehead atoms. The molecule has 0 radical (unpaired) electrons. The predicted octanol–water partition coefficient (Wildman–Crippen LogP) is 2.31. The van der Waals surface area contributed by atoms with Crippen molar-refractivity contribution in [3.8, 4) is 5.75 Å². The average molecular weight is 506 g/mol. The SMILES string of the molecule is CCNC(=NCC(C)Oc1ccccc1F)NCCN1C(=O)CCCC1=O.I. The van der Waals surface area contributed by atoms with Gasteiger partial charge in [-0.15, -0.1) is 24.0 Å². The summed E-state index contributed by atoms with van der Waals surface area (Å²) in [4.78, 5) is 29.3. The number of aliphatic imine (C=N–C) groups is 1. The molecule has 1 fully saturated rings. The number of hydrogen-bond donors (Lipinski definition) is 2. The summed E-state index contributed by atoms with van der Waals surface area (Å²) < 4.78 is 19.2. The van der Waals surface area contributed by atoms with Gasteiger partial charge in [-0.05, 0) is 32.4 Å². The van der Waals surface area contributed by atoms with Gasteiger partial charge in [0, 0.05) is 32.5 Å². The Bertz CT molecular complexity index is 671. The van der Waals surface area contributed by atoms with Crippen LogP contribution >= 0.6 is 24.0 Å². The van der Waals surface area contributed by atoms with Crippen molar-refractivity contribution in [1.29, 1.82) is 0 Å². The minimum absolute atomic E-state index is 0. The van der Waals surface area contributed by atoms with Crippen LogP contribution in [0.3, 0.4) is 0 Å². The van der Waals surface area contributed by atoms with Gasteiger partial charge in [0.2, 0.25) is 11.8 Å². The van der Waals surface area contributed by atoms with Crippen LogP contribution in [0.2, 0.25) is 0 Å². The number of rotatable bonds is 8. The zero-order valence-electron chi connectivity index (χ0n) is 16.2. The zero-order valence-corrected chi connectivity index (χ0v) is 18.6. The van der Waals surface area contributed by atoms with Gasteiger partial charge in [0.15, 0.2) is 17.5 Å². The van der Waals surface area contributed by atoms with Crippen LogP contribution in [0.1, 0.15) is 33.1 Å². The Labute approximate surface area is 182 Å². The maximum absolute atomic E-state index is 13.6. The molecule has 0 aliphatic carbocycles. The van der Waals surface area contributed by atoms with E-state index in [1.165, 1.54) is 11.0 Å². The summed E-state index contributed by atoms with van der Waals surface area (Å²) in [6, 6.07) is 6.24. The lowest BCUT2D eigenvalue weighted by molar-refractivity contribution is -0.147. The zero-order chi connectivity index (χ0) is 19.6. The van der Waals surface area contributed by atoms with Gasteiger partial charge >= 0.3 is 0 Å². The molecule has 1 saturated heterocycles. The van der Waals surface area contributed by atoms with Crippen molar-refractivity contribution in [1.82, 2.24) is 15.5 Å². The molecule has 156 valence electrons. The number of guanidine groups is 1. The molecule has 1 heterocycles. The highest BCUT2D eigenvalue weighted by molar-refractivity contribution is 14.0. The first kappa shape index (κ1) is 24.1. The number of hydrogen-bond acceptors (Lipinski definition) is 4. The third-order valence-corrected chi connectivity index (χ3v) is 4.03. The fourth-order valence-electron chi connectivity index (χ4n) is 2.69. The molecular weight excluding hydrogens is 478 g/mol. The molecule has 0 saturated carbocycles. The van der Waals surface area contributed by atoms with E-state index in [0.29, 0.717) is 51.4 Å². The summed E-state index contributed by atoms with van der Waals surface area (Å²) in [6.07, 6.45) is 1.16. The van der Waals surface area contributed by atoms with E-state index in [2.05, 4.69) is 15.6 Å². The molecule has 1 aromatic rings. The van der Waals surface area contributed by atoms with Gasteiger partial charge in [-0.2, -0.15) is 0 Å². The quantitative estimate of drug-likeness (QED) is 0.245. The lowest BCUT2D eigenvalue weighted by Gasteiger charge is -2.25.